The number of nitrogens with one attached hydrogen (secondary N) is 1. The zero-order valence-corrected chi connectivity index (χ0v) is 26.1. The Bertz CT molecular complexity index is 847. The average Bonchev–Trinajstić information content (AvgIpc) is 3.30. The van der Waals surface area contributed by atoms with Gasteiger partial charge in [-0.25, -0.2) is 0 Å². The molecule has 5 rings (SSSR count). The molecule has 0 aromatic carbocycles. The van der Waals surface area contributed by atoms with E-state index in [4.69, 9.17) is 14.2 Å². The Morgan fingerprint density at radius 1 is 0.825 bits per heavy atom. The van der Waals surface area contributed by atoms with Crippen LogP contribution in [0, 0.1) is 35.5 Å². The predicted molar refractivity (Wildman–Crippen MR) is 163 cm³/mol. The van der Waals surface area contributed by atoms with E-state index in [2.05, 4.69) is 46.5 Å². The van der Waals surface area contributed by atoms with Gasteiger partial charge < -0.3 is 28.9 Å². The van der Waals surface area contributed by atoms with Gasteiger partial charge in [0.1, 0.15) is 6.10 Å². The second-order valence-electron chi connectivity index (χ2n) is 13.3. The molecule has 3 aliphatic rings. The van der Waals surface area contributed by atoms with E-state index in [9.17, 15) is 5.11 Å². The fourth-order valence-corrected chi connectivity index (χ4v) is 6.31. The molecule has 2 aliphatic carbocycles. The normalized spacial score (nSPS) is 30.7. The number of aliphatic hydroxyl groups is 1. The van der Waals surface area contributed by atoms with Gasteiger partial charge in [-0.3, -0.25) is 0 Å². The first-order chi connectivity index (χ1) is 19.2. The Morgan fingerprint density at radius 2 is 1.35 bits per heavy atom. The molecule has 40 heavy (non-hydrogen) atoms. The maximum absolute atomic E-state index is 10.1. The van der Waals surface area contributed by atoms with E-state index in [-0.39, 0.29) is 0 Å². The molecule has 8 atom stereocenters. The number of aliphatic hydroxyl groups excluding tert-OH is 1. The van der Waals surface area contributed by atoms with Crippen LogP contribution in [0.2, 0.25) is 0 Å². The number of nitrogens with zero attached hydrogens (tertiary/aromatic N) is 1. The van der Waals surface area contributed by atoms with Gasteiger partial charge in [0.2, 0.25) is 0 Å². The standard InChI is InChI=1S/C17H29NO2.C13H24O2.C4H5N/c1-13(2)16-7-6-14(3)10-17(16)20-12-15(19)11-18-8-4-5-9-18;1-9(2)12-5-4-10(3)6-13(12)15-8-11-7-14-11;1-2-4-5-3-1/h4-5,8-9,13-17,19H,6-7,10-12H2,1-3H3;9-13H,4-8H2,1-3H3;1-5H. The van der Waals surface area contributed by atoms with Gasteiger partial charge in [-0.2, -0.15) is 0 Å². The fourth-order valence-electron chi connectivity index (χ4n) is 6.31. The number of aromatic nitrogens is 2. The van der Waals surface area contributed by atoms with Gasteiger partial charge in [0, 0.05) is 24.8 Å². The number of hydrogen-bond acceptors (Lipinski definition) is 4. The summed E-state index contributed by atoms with van der Waals surface area (Å²) in [7, 11) is 0. The first-order valence-corrected chi connectivity index (χ1v) is 15.9. The lowest BCUT2D eigenvalue weighted by atomic mass is 9.75. The molecule has 2 aromatic rings. The molecule has 8 unspecified atom stereocenters. The van der Waals surface area contributed by atoms with Crippen LogP contribution in [0.4, 0.5) is 0 Å². The maximum Gasteiger partial charge on any atom is 0.104 e. The highest BCUT2D eigenvalue weighted by Crippen LogP contribution is 2.36. The molecule has 3 heterocycles. The van der Waals surface area contributed by atoms with Crippen LogP contribution < -0.4 is 0 Å². The summed E-state index contributed by atoms with van der Waals surface area (Å²) >= 11 is 0. The molecule has 0 spiro atoms. The molecular formula is C34H58N2O4. The van der Waals surface area contributed by atoms with Crippen LogP contribution in [-0.4, -0.2) is 58.9 Å². The smallest absolute Gasteiger partial charge is 0.104 e. The van der Waals surface area contributed by atoms with Crippen molar-refractivity contribution in [3.8, 4) is 0 Å². The highest BCUT2D eigenvalue weighted by atomic mass is 16.6. The summed E-state index contributed by atoms with van der Waals surface area (Å²) < 4.78 is 19.3. The molecule has 1 aliphatic heterocycles. The number of ether oxygens (including phenoxy) is 3. The average molecular weight is 559 g/mol. The molecule has 6 heteroatoms. The number of hydrogen-bond donors (Lipinski definition) is 2. The maximum atomic E-state index is 10.1. The summed E-state index contributed by atoms with van der Waals surface area (Å²) in [5.41, 5.74) is 0. The number of rotatable bonds is 10. The van der Waals surface area contributed by atoms with Crippen molar-refractivity contribution < 1.29 is 19.3 Å². The minimum Gasteiger partial charge on any atom is -0.389 e. The van der Waals surface area contributed by atoms with Crippen LogP contribution in [0.3, 0.4) is 0 Å². The number of aromatic amines is 1. The molecule has 6 nitrogen and oxygen atoms in total. The topological polar surface area (TPSA) is 71.9 Å². The highest BCUT2D eigenvalue weighted by Gasteiger charge is 2.34. The van der Waals surface area contributed by atoms with E-state index < -0.39 is 6.10 Å². The molecule has 2 N–H and O–H groups in total. The van der Waals surface area contributed by atoms with Crippen molar-refractivity contribution >= 4 is 0 Å². The molecule has 3 fully saturated rings. The zero-order valence-electron chi connectivity index (χ0n) is 26.1. The van der Waals surface area contributed by atoms with Gasteiger partial charge in [0.05, 0.1) is 44.7 Å². The molecule has 0 bridgehead atoms. The van der Waals surface area contributed by atoms with Crippen LogP contribution in [0.25, 0.3) is 0 Å². The van der Waals surface area contributed by atoms with Gasteiger partial charge in [-0.15, -0.1) is 0 Å². The second-order valence-corrected chi connectivity index (χ2v) is 13.3. The molecule has 0 radical (unpaired) electrons. The van der Waals surface area contributed by atoms with Gasteiger partial charge in [0.25, 0.3) is 0 Å². The molecule has 2 aromatic heterocycles. The minimum absolute atomic E-state index is 0.318. The van der Waals surface area contributed by atoms with E-state index in [0.717, 1.165) is 43.3 Å². The van der Waals surface area contributed by atoms with E-state index in [0.29, 0.717) is 43.3 Å². The second kappa shape index (κ2) is 17.4. The molecule has 228 valence electrons. The summed E-state index contributed by atoms with van der Waals surface area (Å²) in [5, 5.41) is 10.1. The lowest BCUT2D eigenvalue weighted by Gasteiger charge is -2.37. The zero-order chi connectivity index (χ0) is 28.9. The Labute approximate surface area is 244 Å². The highest BCUT2D eigenvalue weighted by molar-refractivity contribution is 4.91. The van der Waals surface area contributed by atoms with Crippen molar-refractivity contribution in [2.24, 2.45) is 35.5 Å². The summed E-state index contributed by atoms with van der Waals surface area (Å²) in [6.07, 6.45) is 16.2. The lowest BCUT2D eigenvalue weighted by Crippen LogP contribution is -2.36. The third-order valence-corrected chi connectivity index (χ3v) is 8.91. The summed E-state index contributed by atoms with van der Waals surface area (Å²) in [4.78, 5) is 2.86. The van der Waals surface area contributed by atoms with Crippen molar-refractivity contribution in [1.29, 1.82) is 0 Å². The van der Waals surface area contributed by atoms with Crippen LogP contribution in [0.5, 0.6) is 0 Å². The fraction of sp³-hybridized carbons (Fsp3) is 0.765. The van der Waals surface area contributed by atoms with Gasteiger partial charge in [-0.05, 0) is 85.5 Å². The Kier molecular flexibility index (Phi) is 14.3. The third-order valence-electron chi connectivity index (χ3n) is 8.91. The number of epoxide rings is 1. The summed E-state index contributed by atoms with van der Waals surface area (Å²) in [6.45, 7) is 16.7. The van der Waals surface area contributed by atoms with E-state index >= 15 is 0 Å². The molecule has 2 saturated carbocycles. The Hall–Kier alpha value is -1.60. The van der Waals surface area contributed by atoms with Gasteiger partial charge >= 0.3 is 0 Å². The quantitative estimate of drug-likeness (QED) is 0.302. The van der Waals surface area contributed by atoms with Crippen LogP contribution in [0.15, 0.2) is 49.1 Å². The van der Waals surface area contributed by atoms with Gasteiger partial charge in [-0.1, -0.05) is 54.4 Å². The van der Waals surface area contributed by atoms with Crippen molar-refractivity contribution in [3.63, 3.8) is 0 Å². The SMILES string of the molecule is CC1CCC(C(C)C)C(OCC(O)Cn2cccc2)C1.CC1CCC(C(C)C)C(OCC2CO2)C1.c1cc[nH]c1. The lowest BCUT2D eigenvalue weighted by molar-refractivity contribution is -0.0715. The molecule has 1 saturated heterocycles. The third kappa shape index (κ3) is 12.1. The van der Waals surface area contributed by atoms with Crippen molar-refractivity contribution in [2.45, 2.75) is 111 Å². The van der Waals surface area contributed by atoms with Crippen molar-refractivity contribution in [3.05, 3.63) is 49.1 Å². The summed E-state index contributed by atoms with van der Waals surface area (Å²) in [5.74, 6) is 4.41. The van der Waals surface area contributed by atoms with Gasteiger partial charge in [0.15, 0.2) is 0 Å². The van der Waals surface area contributed by atoms with Crippen molar-refractivity contribution in [2.75, 3.05) is 19.8 Å². The molecular weight excluding hydrogens is 500 g/mol. The minimum atomic E-state index is -0.424. The largest absolute Gasteiger partial charge is 0.389 e. The Morgan fingerprint density at radius 3 is 1.80 bits per heavy atom. The predicted octanol–water partition coefficient (Wildman–Crippen LogP) is 7.20. The first-order valence-electron chi connectivity index (χ1n) is 15.9. The van der Waals surface area contributed by atoms with Crippen molar-refractivity contribution in [1.82, 2.24) is 9.55 Å². The van der Waals surface area contributed by atoms with Crippen LogP contribution >= 0.6 is 0 Å². The Balaban J connectivity index is 0.000000192. The first kappa shape index (κ1) is 32.9. The summed E-state index contributed by atoms with van der Waals surface area (Å²) in [6, 6.07) is 7.84. The van der Waals surface area contributed by atoms with E-state index in [1.807, 2.05) is 53.6 Å². The van der Waals surface area contributed by atoms with E-state index in [1.54, 1.807) is 0 Å². The van der Waals surface area contributed by atoms with Crippen LogP contribution in [0.1, 0.15) is 80.1 Å². The number of H-pyrrole nitrogens is 1. The van der Waals surface area contributed by atoms with E-state index in [1.165, 1.54) is 32.1 Å². The molecule has 0 amide bonds. The van der Waals surface area contributed by atoms with Crippen LogP contribution in [-0.2, 0) is 20.8 Å². The monoisotopic (exact) mass is 558 g/mol.